The molecule has 202 valence electrons. The van der Waals surface area contributed by atoms with E-state index in [1.165, 1.54) is 6.07 Å². The van der Waals surface area contributed by atoms with E-state index in [4.69, 9.17) is 9.47 Å². The summed E-state index contributed by atoms with van der Waals surface area (Å²) in [5.74, 6) is -2.26. The van der Waals surface area contributed by atoms with Gasteiger partial charge in [-0.05, 0) is 62.9 Å². The molecule has 0 amide bonds. The van der Waals surface area contributed by atoms with Crippen LogP contribution in [-0.2, 0) is 22.1 Å². The number of hydrogen-bond acceptors (Lipinski definition) is 5. The molecule has 0 saturated heterocycles. The van der Waals surface area contributed by atoms with Crippen LogP contribution in [0.15, 0.2) is 30.3 Å². The fraction of sp³-hybridized carbons (Fsp3) is 0.519. The number of aliphatic hydroxyl groups excluding tert-OH is 1. The maximum absolute atomic E-state index is 13.6. The summed E-state index contributed by atoms with van der Waals surface area (Å²) < 4.78 is 64.4. The summed E-state index contributed by atoms with van der Waals surface area (Å²) >= 11 is 0. The number of hydrogen-bond donors (Lipinski definition) is 3. The van der Waals surface area contributed by atoms with E-state index in [9.17, 15) is 32.6 Å². The summed E-state index contributed by atoms with van der Waals surface area (Å²) in [4.78, 5) is 11.5. The predicted octanol–water partition coefficient (Wildman–Crippen LogP) is 4.76. The van der Waals surface area contributed by atoms with Crippen LogP contribution in [0.4, 0.5) is 17.6 Å². The van der Waals surface area contributed by atoms with Gasteiger partial charge in [-0.2, -0.15) is 13.2 Å². The van der Waals surface area contributed by atoms with Gasteiger partial charge in [0.1, 0.15) is 23.6 Å². The number of aliphatic hydroxyl groups is 1. The van der Waals surface area contributed by atoms with Crippen molar-refractivity contribution in [1.82, 2.24) is 5.32 Å². The topological polar surface area (TPSA) is 88.0 Å². The molecule has 2 aromatic carbocycles. The van der Waals surface area contributed by atoms with E-state index in [0.717, 1.165) is 28.8 Å². The van der Waals surface area contributed by atoms with Gasteiger partial charge >= 0.3 is 12.1 Å². The maximum atomic E-state index is 13.6. The fourth-order valence-electron chi connectivity index (χ4n) is 5.05. The minimum absolute atomic E-state index is 0.0149. The number of fused-ring (bicyclic) bond motifs is 3. The summed E-state index contributed by atoms with van der Waals surface area (Å²) in [5, 5.41) is 23.0. The lowest BCUT2D eigenvalue weighted by molar-refractivity contribution is -0.140. The Morgan fingerprint density at radius 3 is 2.57 bits per heavy atom. The van der Waals surface area contributed by atoms with E-state index < -0.39 is 47.2 Å². The van der Waals surface area contributed by atoms with Gasteiger partial charge in [-0.1, -0.05) is 18.2 Å². The molecule has 0 bridgehead atoms. The van der Waals surface area contributed by atoms with E-state index in [0.29, 0.717) is 11.3 Å². The van der Waals surface area contributed by atoms with Crippen molar-refractivity contribution in [2.75, 3.05) is 13.2 Å². The molecule has 0 radical (unpaired) electrons. The number of carboxylic acid groups (broad SMARTS) is 1. The van der Waals surface area contributed by atoms with Gasteiger partial charge in [0.25, 0.3) is 0 Å². The largest absolute Gasteiger partial charge is 0.488 e. The zero-order chi connectivity index (χ0) is 27.3. The molecule has 37 heavy (non-hydrogen) atoms. The SMILES string of the molecule is Cc1ccc([C@@H](C)OC[C@H](O)CNC(C)(C)Cc2ccc(F)c(C(F)(F)F)c2)c2c1O[C@@H]1[C@@H](C(=O)O)[C@H]21. The first-order valence-corrected chi connectivity index (χ1v) is 12.1. The lowest BCUT2D eigenvalue weighted by atomic mass is 9.93. The van der Waals surface area contributed by atoms with Gasteiger partial charge < -0.3 is 25.0 Å². The molecule has 1 fully saturated rings. The zero-order valence-electron chi connectivity index (χ0n) is 21.0. The molecule has 1 aliphatic heterocycles. The Balaban J connectivity index is 1.32. The minimum Gasteiger partial charge on any atom is -0.488 e. The number of carboxylic acids is 1. The van der Waals surface area contributed by atoms with Gasteiger partial charge in [0, 0.05) is 23.6 Å². The van der Waals surface area contributed by atoms with Crippen molar-refractivity contribution in [3.8, 4) is 5.75 Å². The zero-order valence-corrected chi connectivity index (χ0v) is 21.0. The lowest BCUT2D eigenvalue weighted by Gasteiger charge is -2.29. The Hall–Kier alpha value is -2.69. The average Bonchev–Trinajstić information content (AvgIpc) is 3.39. The molecule has 6 nitrogen and oxygen atoms in total. The molecule has 0 spiro atoms. The summed E-state index contributed by atoms with van der Waals surface area (Å²) in [6, 6.07) is 6.73. The molecule has 1 heterocycles. The van der Waals surface area contributed by atoms with Gasteiger partial charge in [-0.15, -0.1) is 0 Å². The van der Waals surface area contributed by atoms with Gasteiger partial charge in [-0.3, -0.25) is 4.79 Å². The van der Waals surface area contributed by atoms with E-state index in [2.05, 4.69) is 5.32 Å². The van der Waals surface area contributed by atoms with Crippen LogP contribution in [0.1, 0.15) is 60.6 Å². The number of alkyl halides is 3. The third-order valence-electron chi connectivity index (χ3n) is 7.03. The lowest BCUT2D eigenvalue weighted by Crippen LogP contribution is -2.46. The molecular weight excluding hydrogens is 494 g/mol. The fourth-order valence-corrected chi connectivity index (χ4v) is 5.05. The van der Waals surface area contributed by atoms with Crippen LogP contribution in [0.5, 0.6) is 5.75 Å². The number of benzene rings is 2. The summed E-state index contributed by atoms with van der Waals surface area (Å²) in [5.41, 5.74) is 0.944. The van der Waals surface area contributed by atoms with E-state index >= 15 is 0 Å². The Bertz CT molecular complexity index is 1180. The van der Waals surface area contributed by atoms with E-state index in [1.807, 2.05) is 26.0 Å². The molecule has 1 saturated carbocycles. The van der Waals surface area contributed by atoms with Crippen molar-refractivity contribution in [3.05, 3.63) is 64.0 Å². The number of ether oxygens (including phenoxy) is 2. The van der Waals surface area contributed by atoms with Gasteiger partial charge in [0.2, 0.25) is 0 Å². The van der Waals surface area contributed by atoms with E-state index in [-0.39, 0.29) is 31.6 Å². The van der Waals surface area contributed by atoms with Crippen LogP contribution >= 0.6 is 0 Å². The Kier molecular flexibility index (Phi) is 7.31. The van der Waals surface area contributed by atoms with Crippen molar-refractivity contribution in [1.29, 1.82) is 0 Å². The van der Waals surface area contributed by atoms with Crippen molar-refractivity contribution in [2.45, 2.75) is 70.1 Å². The molecule has 0 aromatic heterocycles. The Morgan fingerprint density at radius 1 is 1.22 bits per heavy atom. The van der Waals surface area contributed by atoms with Gasteiger partial charge in [0.05, 0.1) is 24.4 Å². The smallest absolute Gasteiger partial charge is 0.419 e. The second kappa shape index (κ2) is 9.89. The van der Waals surface area contributed by atoms with Gasteiger partial charge in [-0.25, -0.2) is 4.39 Å². The first-order valence-electron chi connectivity index (χ1n) is 12.1. The second-order valence-electron chi connectivity index (χ2n) is 10.6. The number of nitrogens with one attached hydrogen (secondary N) is 1. The molecule has 0 unspecified atom stereocenters. The van der Waals surface area contributed by atoms with Crippen LogP contribution in [0.25, 0.3) is 0 Å². The van der Waals surface area contributed by atoms with Crippen molar-refractivity contribution < 1.29 is 42.0 Å². The maximum Gasteiger partial charge on any atom is 0.419 e. The first-order chi connectivity index (χ1) is 17.2. The number of carbonyl (C=O) groups is 1. The number of aryl methyl sites for hydroxylation is 1. The summed E-state index contributed by atoms with van der Waals surface area (Å²) in [7, 11) is 0. The second-order valence-corrected chi connectivity index (χ2v) is 10.6. The normalized spacial score (nSPS) is 22.1. The molecule has 2 aliphatic rings. The Morgan fingerprint density at radius 2 is 1.92 bits per heavy atom. The minimum atomic E-state index is -4.78. The van der Waals surface area contributed by atoms with Crippen LogP contribution in [-0.4, -0.2) is 47.1 Å². The molecule has 3 N–H and O–H groups in total. The van der Waals surface area contributed by atoms with Crippen LogP contribution in [0, 0.1) is 18.7 Å². The summed E-state index contributed by atoms with van der Waals surface area (Å²) in [6.45, 7) is 7.39. The molecule has 10 heteroatoms. The van der Waals surface area contributed by atoms with Crippen LogP contribution in [0.3, 0.4) is 0 Å². The summed E-state index contributed by atoms with van der Waals surface area (Å²) in [6.07, 6.45) is -6.28. The Labute approximate surface area is 212 Å². The average molecular weight is 526 g/mol. The van der Waals surface area contributed by atoms with Gasteiger partial charge in [0.15, 0.2) is 0 Å². The van der Waals surface area contributed by atoms with Crippen molar-refractivity contribution in [2.24, 2.45) is 5.92 Å². The highest BCUT2D eigenvalue weighted by Crippen LogP contribution is 2.61. The number of halogens is 4. The number of β-amino-alcohol motifs (C(OH)–C–C–N with tert-alkyl or cyclic N) is 1. The molecule has 2 aromatic rings. The third-order valence-corrected chi connectivity index (χ3v) is 7.03. The van der Waals surface area contributed by atoms with Crippen molar-refractivity contribution in [3.63, 3.8) is 0 Å². The predicted molar refractivity (Wildman–Crippen MR) is 127 cm³/mol. The highest BCUT2D eigenvalue weighted by atomic mass is 19.4. The monoisotopic (exact) mass is 525 g/mol. The molecule has 1 aliphatic carbocycles. The molecular formula is C27H31F4NO5. The van der Waals surface area contributed by atoms with E-state index in [1.54, 1.807) is 13.8 Å². The number of aliphatic carboxylic acids is 1. The standard InChI is InChI=1S/C27H31F4NO5/c1-13-5-7-17(20-21-22(25(34)35)24(21)37-23(13)20)14(2)36-12-16(33)11-32-26(3,4)10-15-6-8-19(28)18(9-15)27(29,30)31/h5-9,14,16,21-22,24,32-33H,10-12H2,1-4H3,(H,34,35)/t14-,16-,21+,22+,24+/m1/s1. The highest BCUT2D eigenvalue weighted by molar-refractivity contribution is 5.79. The first kappa shape index (κ1) is 27.3. The number of rotatable bonds is 10. The highest BCUT2D eigenvalue weighted by Gasteiger charge is 2.64. The van der Waals surface area contributed by atoms with Crippen LogP contribution < -0.4 is 10.1 Å². The quantitative estimate of drug-likeness (QED) is 0.388. The third kappa shape index (κ3) is 5.76. The van der Waals surface area contributed by atoms with Crippen molar-refractivity contribution >= 4 is 5.97 Å². The molecule has 5 atom stereocenters. The molecule has 4 rings (SSSR count). The van der Waals surface area contributed by atoms with Crippen LogP contribution in [0.2, 0.25) is 0 Å².